The highest BCUT2D eigenvalue weighted by molar-refractivity contribution is 5.93. The van der Waals surface area contributed by atoms with Gasteiger partial charge in [-0.3, -0.25) is 4.79 Å². The fourth-order valence-corrected chi connectivity index (χ4v) is 1.60. The third-order valence-corrected chi connectivity index (χ3v) is 2.66. The predicted molar refractivity (Wildman–Crippen MR) is 70.3 cm³/mol. The van der Waals surface area contributed by atoms with Gasteiger partial charge in [-0.05, 0) is 25.0 Å². The van der Waals surface area contributed by atoms with Gasteiger partial charge in [0.15, 0.2) is 0 Å². The van der Waals surface area contributed by atoms with E-state index in [9.17, 15) is 9.18 Å². The number of halogens is 1. The second kappa shape index (κ2) is 7.37. The standard InChI is InChI=1S/C14H17FN2O2/c1-3-11(4-2)19-13-6-5-10(15)9-12(13)17-14(18)7-8-16/h5-6,9,11H,3-4,7H2,1-2H3,(H,17,18). The lowest BCUT2D eigenvalue weighted by Crippen LogP contribution is -2.17. The Balaban J connectivity index is 2.91. The Morgan fingerprint density at radius 3 is 2.74 bits per heavy atom. The number of nitriles is 1. The Bertz CT molecular complexity index is 479. The number of rotatable bonds is 6. The molecule has 0 aromatic heterocycles. The van der Waals surface area contributed by atoms with Crippen LogP contribution in [-0.4, -0.2) is 12.0 Å². The quantitative estimate of drug-likeness (QED) is 0.857. The lowest BCUT2D eigenvalue weighted by atomic mass is 10.2. The van der Waals surface area contributed by atoms with E-state index >= 15 is 0 Å². The second-order valence-corrected chi connectivity index (χ2v) is 4.08. The smallest absolute Gasteiger partial charge is 0.238 e. The molecule has 0 bridgehead atoms. The van der Waals surface area contributed by atoms with Crippen molar-refractivity contribution in [1.29, 1.82) is 5.26 Å². The Morgan fingerprint density at radius 2 is 2.16 bits per heavy atom. The van der Waals surface area contributed by atoms with E-state index in [4.69, 9.17) is 10.00 Å². The molecule has 0 atom stereocenters. The van der Waals surface area contributed by atoms with Crippen LogP contribution < -0.4 is 10.1 Å². The van der Waals surface area contributed by atoms with E-state index in [1.54, 1.807) is 6.07 Å². The first kappa shape index (κ1) is 15.0. The lowest BCUT2D eigenvalue weighted by molar-refractivity contribution is -0.115. The van der Waals surface area contributed by atoms with Crippen molar-refractivity contribution in [3.8, 4) is 11.8 Å². The number of hydrogen-bond acceptors (Lipinski definition) is 3. The van der Waals surface area contributed by atoms with Crippen LogP contribution in [0, 0.1) is 17.1 Å². The van der Waals surface area contributed by atoms with Gasteiger partial charge in [-0.15, -0.1) is 0 Å². The average Bonchev–Trinajstić information content (AvgIpc) is 2.38. The molecule has 0 fully saturated rings. The van der Waals surface area contributed by atoms with Gasteiger partial charge in [-0.25, -0.2) is 4.39 Å². The molecule has 1 rings (SSSR count). The Labute approximate surface area is 112 Å². The average molecular weight is 264 g/mol. The SMILES string of the molecule is CCC(CC)Oc1ccc(F)cc1NC(=O)CC#N. The first-order chi connectivity index (χ1) is 9.10. The zero-order valence-corrected chi connectivity index (χ0v) is 11.1. The minimum atomic E-state index is -0.484. The molecule has 0 aliphatic rings. The van der Waals surface area contributed by atoms with E-state index in [1.165, 1.54) is 18.2 Å². The summed E-state index contributed by atoms with van der Waals surface area (Å²) in [6.45, 7) is 3.98. The first-order valence-electron chi connectivity index (χ1n) is 6.23. The number of hydrogen-bond donors (Lipinski definition) is 1. The summed E-state index contributed by atoms with van der Waals surface area (Å²) < 4.78 is 18.9. The van der Waals surface area contributed by atoms with Gasteiger partial charge in [-0.1, -0.05) is 13.8 Å². The predicted octanol–water partition coefficient (Wildman–Crippen LogP) is 3.25. The minimum Gasteiger partial charge on any atom is -0.488 e. The maximum Gasteiger partial charge on any atom is 0.238 e. The molecule has 4 nitrogen and oxygen atoms in total. The van der Waals surface area contributed by atoms with Gasteiger partial charge in [0.25, 0.3) is 0 Å². The Kier molecular flexibility index (Phi) is 5.80. The number of nitrogens with one attached hydrogen (secondary N) is 1. The first-order valence-corrected chi connectivity index (χ1v) is 6.23. The van der Waals surface area contributed by atoms with Crippen molar-refractivity contribution in [2.45, 2.75) is 39.2 Å². The molecular weight excluding hydrogens is 247 g/mol. The molecule has 0 saturated carbocycles. The summed E-state index contributed by atoms with van der Waals surface area (Å²) >= 11 is 0. The third-order valence-electron chi connectivity index (χ3n) is 2.66. The van der Waals surface area contributed by atoms with Crippen molar-refractivity contribution in [2.75, 3.05) is 5.32 Å². The molecule has 1 N–H and O–H groups in total. The highest BCUT2D eigenvalue weighted by Crippen LogP contribution is 2.27. The zero-order chi connectivity index (χ0) is 14.3. The number of carbonyl (C=O) groups excluding carboxylic acids is 1. The largest absolute Gasteiger partial charge is 0.488 e. The molecule has 1 aromatic rings. The number of amides is 1. The van der Waals surface area contributed by atoms with E-state index < -0.39 is 11.7 Å². The molecule has 0 aliphatic carbocycles. The Hall–Kier alpha value is -2.09. The van der Waals surface area contributed by atoms with Gasteiger partial charge in [0.05, 0.1) is 17.9 Å². The van der Waals surface area contributed by atoms with E-state index in [0.717, 1.165) is 12.8 Å². The van der Waals surface area contributed by atoms with Gasteiger partial charge in [0.1, 0.15) is 18.0 Å². The summed E-state index contributed by atoms with van der Waals surface area (Å²) in [6, 6.07) is 5.68. The van der Waals surface area contributed by atoms with Crippen molar-refractivity contribution in [3.63, 3.8) is 0 Å². The molecular formula is C14H17FN2O2. The molecule has 1 amide bonds. The van der Waals surface area contributed by atoms with Crippen LogP contribution in [0.15, 0.2) is 18.2 Å². The number of nitrogens with zero attached hydrogens (tertiary/aromatic N) is 1. The normalized spacial score (nSPS) is 10.1. The Morgan fingerprint density at radius 1 is 1.47 bits per heavy atom. The number of carbonyl (C=O) groups is 1. The zero-order valence-electron chi connectivity index (χ0n) is 11.1. The minimum absolute atomic E-state index is 0.0112. The van der Waals surface area contributed by atoms with Crippen molar-refractivity contribution in [1.82, 2.24) is 0 Å². The maximum atomic E-state index is 13.2. The molecule has 0 aliphatic heterocycles. The van der Waals surface area contributed by atoms with Crippen LogP contribution in [0.2, 0.25) is 0 Å². The molecule has 1 aromatic carbocycles. The van der Waals surface area contributed by atoms with E-state index in [1.807, 2.05) is 13.8 Å². The van der Waals surface area contributed by atoms with Gasteiger partial charge in [0, 0.05) is 6.07 Å². The van der Waals surface area contributed by atoms with Crippen molar-refractivity contribution in [3.05, 3.63) is 24.0 Å². The van der Waals surface area contributed by atoms with Crippen LogP contribution in [0.4, 0.5) is 10.1 Å². The summed E-state index contributed by atoms with van der Waals surface area (Å²) in [5.74, 6) is -0.534. The molecule has 19 heavy (non-hydrogen) atoms. The highest BCUT2D eigenvalue weighted by atomic mass is 19.1. The molecule has 0 saturated heterocycles. The highest BCUT2D eigenvalue weighted by Gasteiger charge is 2.12. The fourth-order valence-electron chi connectivity index (χ4n) is 1.60. The van der Waals surface area contributed by atoms with Crippen molar-refractivity contribution >= 4 is 11.6 Å². The lowest BCUT2D eigenvalue weighted by Gasteiger charge is -2.18. The topological polar surface area (TPSA) is 62.1 Å². The third kappa shape index (κ3) is 4.59. The van der Waals surface area contributed by atoms with Crippen LogP contribution in [0.25, 0.3) is 0 Å². The molecule has 0 radical (unpaired) electrons. The molecule has 0 heterocycles. The number of benzene rings is 1. The van der Waals surface area contributed by atoms with Crippen LogP contribution >= 0.6 is 0 Å². The van der Waals surface area contributed by atoms with Gasteiger partial charge in [0.2, 0.25) is 5.91 Å². The number of anilines is 1. The van der Waals surface area contributed by atoms with E-state index in [2.05, 4.69) is 5.32 Å². The molecule has 0 spiro atoms. The molecule has 102 valence electrons. The summed E-state index contributed by atoms with van der Waals surface area (Å²) in [5, 5.41) is 10.9. The van der Waals surface area contributed by atoms with Gasteiger partial charge >= 0.3 is 0 Å². The van der Waals surface area contributed by atoms with Gasteiger partial charge in [-0.2, -0.15) is 5.26 Å². The molecule has 0 unspecified atom stereocenters. The van der Waals surface area contributed by atoms with Gasteiger partial charge < -0.3 is 10.1 Å². The molecule has 5 heteroatoms. The summed E-state index contributed by atoms with van der Waals surface area (Å²) in [7, 11) is 0. The van der Waals surface area contributed by atoms with E-state index in [0.29, 0.717) is 5.75 Å². The summed E-state index contributed by atoms with van der Waals surface area (Å²) in [6.07, 6.45) is 1.37. The van der Waals surface area contributed by atoms with Crippen molar-refractivity contribution in [2.24, 2.45) is 0 Å². The second-order valence-electron chi connectivity index (χ2n) is 4.08. The van der Waals surface area contributed by atoms with Crippen LogP contribution in [0.3, 0.4) is 0 Å². The van der Waals surface area contributed by atoms with E-state index in [-0.39, 0.29) is 18.2 Å². The van der Waals surface area contributed by atoms with Crippen LogP contribution in [0.5, 0.6) is 5.75 Å². The summed E-state index contributed by atoms with van der Waals surface area (Å²) in [5.41, 5.74) is 0.257. The fraction of sp³-hybridized carbons (Fsp3) is 0.429. The summed E-state index contributed by atoms with van der Waals surface area (Å²) in [4.78, 5) is 11.4. The van der Waals surface area contributed by atoms with Crippen LogP contribution in [0.1, 0.15) is 33.1 Å². The number of ether oxygens (including phenoxy) is 1. The van der Waals surface area contributed by atoms with Crippen LogP contribution in [-0.2, 0) is 4.79 Å². The maximum absolute atomic E-state index is 13.2. The monoisotopic (exact) mass is 264 g/mol. The van der Waals surface area contributed by atoms with Crippen molar-refractivity contribution < 1.29 is 13.9 Å².